The molecule has 0 aliphatic rings. The summed E-state index contributed by atoms with van der Waals surface area (Å²) < 4.78 is 42.6. The fourth-order valence-electron chi connectivity index (χ4n) is 3.51. The van der Waals surface area contributed by atoms with Gasteiger partial charge in [0.25, 0.3) is 5.91 Å². The minimum absolute atomic E-state index is 0.0128. The van der Waals surface area contributed by atoms with Crippen molar-refractivity contribution in [2.45, 2.75) is 25.2 Å². The lowest BCUT2D eigenvalue weighted by Crippen LogP contribution is -2.14. The molecule has 0 fully saturated rings. The van der Waals surface area contributed by atoms with Crippen LogP contribution in [-0.2, 0) is 21.3 Å². The highest BCUT2D eigenvalue weighted by Gasteiger charge is 2.23. The molecule has 1 amide bonds. The van der Waals surface area contributed by atoms with Gasteiger partial charge in [-0.3, -0.25) is 4.79 Å². The van der Waals surface area contributed by atoms with Crippen LogP contribution in [0.5, 0.6) is 17.2 Å². The van der Waals surface area contributed by atoms with Crippen LogP contribution in [0, 0.1) is 11.3 Å². The minimum atomic E-state index is -4.22. The van der Waals surface area contributed by atoms with E-state index in [1.165, 1.54) is 36.4 Å². The highest BCUT2D eigenvalue weighted by molar-refractivity contribution is 7.87. The van der Waals surface area contributed by atoms with E-state index < -0.39 is 16.0 Å². The van der Waals surface area contributed by atoms with Crippen molar-refractivity contribution in [1.29, 1.82) is 5.26 Å². The molecule has 0 saturated heterocycles. The number of amides is 1. The molecule has 10 heteroatoms. The van der Waals surface area contributed by atoms with Crippen LogP contribution >= 0.6 is 11.6 Å². The van der Waals surface area contributed by atoms with Crippen molar-refractivity contribution in [2.24, 2.45) is 0 Å². The lowest BCUT2D eigenvalue weighted by Gasteiger charge is -2.16. The summed E-state index contributed by atoms with van der Waals surface area (Å²) in [5.74, 6) is 0.159. The van der Waals surface area contributed by atoms with Crippen molar-refractivity contribution in [3.05, 3.63) is 95.0 Å². The quantitative estimate of drug-likeness (QED) is 0.120. The van der Waals surface area contributed by atoms with Gasteiger partial charge in [0.05, 0.1) is 13.2 Å². The summed E-state index contributed by atoms with van der Waals surface area (Å²) in [6, 6.07) is 17.3. The molecule has 202 valence electrons. The van der Waals surface area contributed by atoms with Crippen molar-refractivity contribution in [1.82, 2.24) is 0 Å². The van der Waals surface area contributed by atoms with E-state index in [2.05, 4.69) is 11.9 Å². The molecule has 1 N–H and O–H groups in total. The van der Waals surface area contributed by atoms with Gasteiger partial charge in [0, 0.05) is 16.3 Å². The van der Waals surface area contributed by atoms with Crippen molar-refractivity contribution in [3.63, 3.8) is 0 Å². The highest BCUT2D eigenvalue weighted by atomic mass is 35.5. The van der Waals surface area contributed by atoms with Crippen LogP contribution in [-0.4, -0.2) is 27.5 Å². The number of anilines is 1. The Balaban J connectivity index is 1.97. The van der Waals surface area contributed by atoms with Crippen molar-refractivity contribution >= 4 is 39.4 Å². The van der Waals surface area contributed by atoms with Gasteiger partial charge < -0.3 is 19.0 Å². The van der Waals surface area contributed by atoms with Gasteiger partial charge in [-0.05, 0) is 92.6 Å². The third-order valence-corrected chi connectivity index (χ3v) is 6.70. The normalized spacial score (nSPS) is 11.3. The number of nitrogens with one attached hydrogen (secondary N) is 1. The van der Waals surface area contributed by atoms with Crippen LogP contribution in [0.2, 0.25) is 5.02 Å². The van der Waals surface area contributed by atoms with E-state index in [-0.39, 0.29) is 35.0 Å². The average molecular weight is 567 g/mol. The van der Waals surface area contributed by atoms with Gasteiger partial charge in [-0.1, -0.05) is 17.7 Å². The predicted molar refractivity (Wildman–Crippen MR) is 151 cm³/mol. The Morgan fingerprint density at radius 1 is 1.05 bits per heavy atom. The minimum Gasteiger partial charge on any atom is -0.494 e. The highest BCUT2D eigenvalue weighted by Crippen LogP contribution is 2.37. The smallest absolute Gasteiger partial charge is 0.339 e. The molecule has 0 aliphatic carbocycles. The summed E-state index contributed by atoms with van der Waals surface area (Å²) in [4.78, 5) is 12.7. The number of nitriles is 1. The third-order valence-electron chi connectivity index (χ3n) is 5.21. The lowest BCUT2D eigenvalue weighted by atomic mass is 10.0. The summed E-state index contributed by atoms with van der Waals surface area (Å²) in [6.45, 7) is 8.06. The summed E-state index contributed by atoms with van der Waals surface area (Å²) in [5.41, 5.74) is 1.19. The second-order valence-electron chi connectivity index (χ2n) is 8.01. The number of hydrogen-bond donors (Lipinski definition) is 1. The molecule has 8 nitrogen and oxygen atoms in total. The van der Waals surface area contributed by atoms with Crippen LogP contribution in [0.15, 0.2) is 83.8 Å². The van der Waals surface area contributed by atoms with Crippen molar-refractivity contribution < 1.29 is 26.9 Å². The molecule has 0 saturated carbocycles. The fourth-order valence-corrected chi connectivity index (χ4v) is 4.61. The number of ether oxygens (including phenoxy) is 2. The summed E-state index contributed by atoms with van der Waals surface area (Å²) in [5, 5.41) is 12.8. The van der Waals surface area contributed by atoms with E-state index in [1.54, 1.807) is 43.3 Å². The zero-order valence-electron chi connectivity index (χ0n) is 21.4. The summed E-state index contributed by atoms with van der Waals surface area (Å²) in [6.07, 6.45) is 3.19. The number of benzene rings is 3. The van der Waals surface area contributed by atoms with E-state index in [4.69, 9.17) is 25.3 Å². The van der Waals surface area contributed by atoms with Gasteiger partial charge in [-0.2, -0.15) is 13.7 Å². The predicted octanol–water partition coefficient (Wildman–Crippen LogP) is 6.18. The Labute approximate surface area is 233 Å². The maximum Gasteiger partial charge on any atom is 0.339 e. The first-order valence-electron chi connectivity index (χ1n) is 12.0. The number of allylic oxidation sites excluding steroid dienone is 1. The maximum absolute atomic E-state index is 13.0. The Hall–Kier alpha value is -4.26. The van der Waals surface area contributed by atoms with Crippen LogP contribution in [0.1, 0.15) is 25.0 Å². The first kappa shape index (κ1) is 29.3. The second kappa shape index (κ2) is 13.5. The van der Waals surface area contributed by atoms with Gasteiger partial charge in [0.15, 0.2) is 11.5 Å². The molecule has 0 aliphatic heterocycles. The maximum atomic E-state index is 13.0. The lowest BCUT2D eigenvalue weighted by molar-refractivity contribution is -0.112. The molecule has 3 aromatic carbocycles. The van der Waals surface area contributed by atoms with Crippen LogP contribution in [0.4, 0.5) is 5.69 Å². The summed E-state index contributed by atoms with van der Waals surface area (Å²) >= 11 is 5.88. The zero-order valence-corrected chi connectivity index (χ0v) is 23.0. The van der Waals surface area contributed by atoms with Crippen molar-refractivity contribution in [2.75, 3.05) is 18.5 Å². The molecular formula is C29H27ClN2O6S. The standard InChI is InChI=1S/C29H27ClN2O6S/c1-4-7-21-16-20(17-22(19-31)29(33)32-24-10-12-25(13-11-24)36-5-2)18-27(37-6-3)28(21)38-39(34,35)26-14-8-23(30)9-15-26/h4,8-18H,1,5-7H2,2-3H3,(H,32,33)/b22-17+. The number of rotatable bonds is 12. The van der Waals surface area contributed by atoms with Gasteiger partial charge in [0.2, 0.25) is 0 Å². The third kappa shape index (κ3) is 7.87. The summed E-state index contributed by atoms with van der Waals surface area (Å²) in [7, 11) is -4.22. The van der Waals surface area contributed by atoms with E-state index >= 15 is 0 Å². The molecule has 0 atom stereocenters. The molecule has 39 heavy (non-hydrogen) atoms. The Kier molecular flexibility index (Phi) is 10.1. The van der Waals surface area contributed by atoms with Gasteiger partial charge in [-0.15, -0.1) is 6.58 Å². The Bertz CT molecular complexity index is 1510. The van der Waals surface area contributed by atoms with Gasteiger partial charge in [-0.25, -0.2) is 0 Å². The largest absolute Gasteiger partial charge is 0.494 e. The SMILES string of the molecule is C=CCc1cc(/C=C(\C#N)C(=O)Nc2ccc(OCC)cc2)cc(OCC)c1OS(=O)(=O)c1ccc(Cl)cc1. The topological polar surface area (TPSA) is 115 Å². The Morgan fingerprint density at radius 3 is 2.31 bits per heavy atom. The first-order chi connectivity index (χ1) is 18.7. The number of hydrogen-bond acceptors (Lipinski definition) is 7. The molecule has 3 rings (SSSR count). The second-order valence-corrected chi connectivity index (χ2v) is 9.99. The first-order valence-corrected chi connectivity index (χ1v) is 13.8. The average Bonchev–Trinajstić information content (AvgIpc) is 2.91. The number of nitrogens with zero attached hydrogens (tertiary/aromatic N) is 1. The van der Waals surface area contributed by atoms with E-state index in [0.717, 1.165) is 0 Å². The number of carbonyl (C=O) groups excluding carboxylic acids is 1. The zero-order chi connectivity index (χ0) is 28.4. The molecule has 0 heterocycles. The molecular weight excluding hydrogens is 540 g/mol. The van der Waals surface area contributed by atoms with Crippen LogP contribution in [0.25, 0.3) is 6.08 Å². The monoisotopic (exact) mass is 566 g/mol. The molecule has 0 radical (unpaired) electrons. The van der Waals surface area contributed by atoms with E-state index in [1.807, 2.05) is 13.0 Å². The van der Waals surface area contributed by atoms with Gasteiger partial charge >= 0.3 is 10.1 Å². The molecule has 0 unspecified atom stereocenters. The fraction of sp³-hybridized carbons (Fsp3) is 0.172. The molecule has 0 aromatic heterocycles. The van der Waals surface area contributed by atoms with E-state index in [0.29, 0.717) is 34.2 Å². The van der Waals surface area contributed by atoms with Gasteiger partial charge in [0.1, 0.15) is 22.3 Å². The van der Waals surface area contributed by atoms with Crippen LogP contribution < -0.4 is 19.0 Å². The number of halogens is 1. The molecule has 0 spiro atoms. The van der Waals surface area contributed by atoms with Crippen LogP contribution in [0.3, 0.4) is 0 Å². The molecule has 0 bridgehead atoms. The Morgan fingerprint density at radius 2 is 1.72 bits per heavy atom. The van der Waals surface area contributed by atoms with E-state index in [9.17, 15) is 18.5 Å². The van der Waals surface area contributed by atoms with Crippen molar-refractivity contribution in [3.8, 4) is 23.3 Å². The number of carbonyl (C=O) groups is 1. The molecule has 3 aromatic rings.